The van der Waals surface area contributed by atoms with Crippen molar-refractivity contribution in [3.63, 3.8) is 0 Å². The Bertz CT molecular complexity index is 754. The van der Waals surface area contributed by atoms with Crippen molar-refractivity contribution in [2.24, 2.45) is 20.8 Å². The summed E-state index contributed by atoms with van der Waals surface area (Å²) in [5.41, 5.74) is 0.0868. The molecule has 0 fully saturated rings. The Labute approximate surface area is 160 Å². The Hall–Kier alpha value is -2.24. The third-order valence-electron chi connectivity index (χ3n) is 4.84. The highest BCUT2D eigenvalue weighted by molar-refractivity contribution is 6.15. The first-order valence-electron chi connectivity index (χ1n) is 9.34. The molecule has 0 radical (unpaired) electrons. The van der Waals surface area contributed by atoms with Crippen molar-refractivity contribution in [2.75, 3.05) is 6.54 Å². The summed E-state index contributed by atoms with van der Waals surface area (Å²) >= 11 is 0. The highest BCUT2D eigenvalue weighted by Crippen LogP contribution is 2.36. The Morgan fingerprint density at radius 2 is 1.33 bits per heavy atom. The number of allylic oxidation sites excluding steroid dienone is 4. The van der Waals surface area contributed by atoms with E-state index in [1.807, 2.05) is 34.6 Å². The SMILES string of the molecule is C[C@@H](CN=CC1=C(O)CC(C)(C)CC1=O)N=CC1=C(O)CC(C)(C)CC1=O. The van der Waals surface area contributed by atoms with E-state index in [0.717, 1.165) is 0 Å². The first kappa shape index (κ1) is 21.1. The van der Waals surface area contributed by atoms with Crippen LogP contribution in [0.1, 0.15) is 60.3 Å². The number of rotatable bonds is 5. The molecule has 0 aliphatic heterocycles. The number of aliphatic hydroxyl groups excluding tert-OH is 2. The number of Topliss-reactive ketones (excluding diaryl/α,β-unsaturated/α-hetero) is 2. The Kier molecular flexibility index (Phi) is 6.07. The second-order valence-electron chi connectivity index (χ2n) is 9.22. The van der Waals surface area contributed by atoms with Gasteiger partial charge in [0, 0.05) is 38.1 Å². The topological polar surface area (TPSA) is 99.3 Å². The maximum atomic E-state index is 12.2. The quantitative estimate of drug-likeness (QED) is 0.712. The molecule has 27 heavy (non-hydrogen) atoms. The monoisotopic (exact) mass is 374 g/mol. The van der Waals surface area contributed by atoms with Crippen LogP contribution in [0.5, 0.6) is 0 Å². The number of ketones is 2. The summed E-state index contributed by atoms with van der Waals surface area (Å²) in [6, 6.07) is -0.220. The standard InChI is InChI=1S/C21H30N2O4/c1-13(23-12-15-18(26)8-21(4,5)9-19(15)27)10-22-11-14-16(24)6-20(2,3)7-17(14)25/h11-13,24,26H,6-10H2,1-5H3/t13-/m0/s1. The lowest BCUT2D eigenvalue weighted by molar-refractivity contribution is -0.118. The van der Waals surface area contributed by atoms with Crippen LogP contribution in [0.15, 0.2) is 32.6 Å². The van der Waals surface area contributed by atoms with Crippen molar-refractivity contribution in [3.8, 4) is 0 Å². The average Bonchev–Trinajstić information content (AvgIpc) is 2.46. The van der Waals surface area contributed by atoms with Gasteiger partial charge in [0.15, 0.2) is 11.6 Å². The van der Waals surface area contributed by atoms with Crippen LogP contribution in [-0.4, -0.2) is 46.8 Å². The van der Waals surface area contributed by atoms with E-state index in [2.05, 4.69) is 9.98 Å². The zero-order valence-electron chi connectivity index (χ0n) is 16.9. The van der Waals surface area contributed by atoms with Crippen LogP contribution in [0.25, 0.3) is 0 Å². The van der Waals surface area contributed by atoms with Crippen LogP contribution in [-0.2, 0) is 9.59 Å². The number of aliphatic hydroxyl groups is 2. The summed E-state index contributed by atoms with van der Waals surface area (Å²) in [5.74, 6) is -0.0364. The predicted octanol–water partition coefficient (Wildman–Crippen LogP) is 3.92. The zero-order valence-corrected chi connectivity index (χ0v) is 16.9. The van der Waals surface area contributed by atoms with Gasteiger partial charge >= 0.3 is 0 Å². The van der Waals surface area contributed by atoms with Gasteiger partial charge in [-0.1, -0.05) is 27.7 Å². The van der Waals surface area contributed by atoms with Crippen LogP contribution >= 0.6 is 0 Å². The van der Waals surface area contributed by atoms with E-state index in [4.69, 9.17) is 0 Å². The van der Waals surface area contributed by atoms with E-state index in [1.54, 1.807) is 0 Å². The third kappa shape index (κ3) is 5.62. The molecule has 0 saturated carbocycles. The molecular formula is C21H30N2O4. The van der Waals surface area contributed by atoms with Crippen molar-refractivity contribution in [2.45, 2.75) is 66.3 Å². The van der Waals surface area contributed by atoms with Crippen LogP contribution in [0.4, 0.5) is 0 Å². The molecule has 2 rings (SSSR count). The van der Waals surface area contributed by atoms with E-state index < -0.39 is 0 Å². The van der Waals surface area contributed by atoms with E-state index in [0.29, 0.717) is 32.2 Å². The van der Waals surface area contributed by atoms with Gasteiger partial charge in [-0.2, -0.15) is 0 Å². The summed E-state index contributed by atoms with van der Waals surface area (Å²) in [6.07, 6.45) is 4.54. The fourth-order valence-corrected chi connectivity index (χ4v) is 3.44. The Balaban J connectivity index is 1.99. The molecule has 0 unspecified atom stereocenters. The molecule has 0 aromatic rings. The van der Waals surface area contributed by atoms with Crippen molar-refractivity contribution in [3.05, 3.63) is 22.7 Å². The van der Waals surface area contributed by atoms with Crippen molar-refractivity contribution >= 4 is 24.0 Å². The molecule has 2 aliphatic carbocycles. The van der Waals surface area contributed by atoms with Crippen molar-refractivity contribution in [1.29, 1.82) is 0 Å². The average molecular weight is 374 g/mol. The second-order valence-corrected chi connectivity index (χ2v) is 9.22. The smallest absolute Gasteiger partial charge is 0.168 e. The predicted molar refractivity (Wildman–Crippen MR) is 107 cm³/mol. The van der Waals surface area contributed by atoms with Crippen LogP contribution in [0.3, 0.4) is 0 Å². The van der Waals surface area contributed by atoms with Crippen LogP contribution in [0.2, 0.25) is 0 Å². The molecule has 0 spiro atoms. The minimum atomic E-state index is -0.231. The Morgan fingerprint density at radius 1 is 0.889 bits per heavy atom. The van der Waals surface area contributed by atoms with Gasteiger partial charge < -0.3 is 10.2 Å². The molecule has 0 bridgehead atoms. The summed E-state index contributed by atoms with van der Waals surface area (Å²) in [6.45, 7) is 9.95. The third-order valence-corrected chi connectivity index (χ3v) is 4.84. The number of carbonyl (C=O) groups excluding carboxylic acids is 2. The van der Waals surface area contributed by atoms with Crippen molar-refractivity contribution < 1.29 is 19.8 Å². The van der Waals surface area contributed by atoms with Gasteiger partial charge in [-0.15, -0.1) is 0 Å². The molecule has 148 valence electrons. The number of hydrogen-bond acceptors (Lipinski definition) is 6. The van der Waals surface area contributed by atoms with Gasteiger partial charge in [-0.25, -0.2) is 0 Å². The molecule has 0 amide bonds. The normalized spacial score (nSPS) is 24.3. The van der Waals surface area contributed by atoms with Gasteiger partial charge in [-0.3, -0.25) is 19.6 Å². The van der Waals surface area contributed by atoms with E-state index >= 15 is 0 Å². The lowest BCUT2D eigenvalue weighted by Crippen LogP contribution is -2.26. The van der Waals surface area contributed by atoms with E-state index in [9.17, 15) is 19.8 Å². The second kappa shape index (κ2) is 7.79. The van der Waals surface area contributed by atoms with Gasteiger partial charge in [-0.05, 0) is 17.8 Å². The highest BCUT2D eigenvalue weighted by Gasteiger charge is 2.33. The molecule has 6 heteroatoms. The van der Waals surface area contributed by atoms with Gasteiger partial charge in [0.1, 0.15) is 11.5 Å². The fraction of sp³-hybridized carbons (Fsp3) is 0.619. The molecule has 2 aliphatic rings. The Morgan fingerprint density at radius 3 is 1.78 bits per heavy atom. The summed E-state index contributed by atoms with van der Waals surface area (Å²) in [5, 5.41) is 20.2. The van der Waals surface area contributed by atoms with Gasteiger partial charge in [0.2, 0.25) is 0 Å². The summed E-state index contributed by atoms with van der Waals surface area (Å²) in [7, 11) is 0. The van der Waals surface area contributed by atoms with Crippen molar-refractivity contribution in [1.82, 2.24) is 0 Å². The van der Waals surface area contributed by atoms with E-state index in [1.165, 1.54) is 12.4 Å². The minimum Gasteiger partial charge on any atom is -0.511 e. The van der Waals surface area contributed by atoms with Gasteiger partial charge in [0.05, 0.1) is 23.7 Å². The van der Waals surface area contributed by atoms with Gasteiger partial charge in [0.25, 0.3) is 0 Å². The molecule has 0 aromatic carbocycles. The number of hydrogen-bond donors (Lipinski definition) is 2. The molecule has 6 nitrogen and oxygen atoms in total. The lowest BCUT2D eigenvalue weighted by atomic mass is 9.77. The number of carbonyl (C=O) groups is 2. The fourth-order valence-electron chi connectivity index (χ4n) is 3.44. The van der Waals surface area contributed by atoms with Crippen LogP contribution < -0.4 is 0 Å². The molecule has 0 heterocycles. The zero-order chi connectivity index (χ0) is 20.4. The summed E-state index contributed by atoms with van der Waals surface area (Å²) < 4.78 is 0. The molecule has 2 N–H and O–H groups in total. The largest absolute Gasteiger partial charge is 0.511 e. The van der Waals surface area contributed by atoms with Crippen LogP contribution in [0, 0.1) is 10.8 Å². The minimum absolute atomic E-state index is 0.0844. The van der Waals surface area contributed by atoms with E-state index in [-0.39, 0.29) is 51.1 Å². The molecule has 0 saturated heterocycles. The first-order valence-corrected chi connectivity index (χ1v) is 9.34. The highest BCUT2D eigenvalue weighted by atomic mass is 16.3. The maximum Gasteiger partial charge on any atom is 0.168 e. The molecular weight excluding hydrogens is 344 g/mol. The molecule has 0 aromatic heterocycles. The first-order chi connectivity index (χ1) is 12.4. The number of nitrogens with zero attached hydrogens (tertiary/aromatic N) is 2. The maximum absolute atomic E-state index is 12.2. The molecule has 1 atom stereocenters. The lowest BCUT2D eigenvalue weighted by Gasteiger charge is -2.28. The number of aliphatic imine (C=N–C) groups is 2. The summed E-state index contributed by atoms with van der Waals surface area (Å²) in [4.78, 5) is 32.8.